The number of carbonyl (C=O) groups excluding carboxylic acids is 3. The number of benzene rings is 2. The fourth-order valence-corrected chi connectivity index (χ4v) is 7.81. The molecule has 5 aromatic rings. The second-order valence-electron chi connectivity index (χ2n) is 14.3. The summed E-state index contributed by atoms with van der Waals surface area (Å²) in [5.41, 5.74) is 2.95. The number of urea groups is 2. The maximum Gasteiger partial charge on any atom is 0.325 e. The van der Waals surface area contributed by atoms with Crippen LogP contribution >= 0.6 is 0 Å². The zero-order valence-corrected chi connectivity index (χ0v) is 30.4. The minimum absolute atomic E-state index is 0.0290. The standard InChI is InChI=1S/C38H41N11O8/c50-18-27-35(55)49(38(57)44-27)29-14-28(31(53)32(29)54)48-19-41-30-33(40-16-26(20-3-7-24(51)8-4-20)21-5-9-25(52)10-6-21)45-36(46-34(30)48)47-13-11-23(17-47)43-37(56)42-22-2-1-12-39-15-22/h1-10,12,15,19,23,26-29,31-32,50-54H,11,13-14,16-18H2,(H,44,57)(H,40,45,46)(H2,42,43,56)/t23?,27?,28-,29+,31+,32-/m1/s1. The van der Waals surface area contributed by atoms with Crippen LogP contribution in [0.3, 0.4) is 0 Å². The van der Waals surface area contributed by atoms with E-state index in [2.05, 4.69) is 31.2 Å². The summed E-state index contributed by atoms with van der Waals surface area (Å²) in [7, 11) is 0. The third-order valence-electron chi connectivity index (χ3n) is 10.7. The van der Waals surface area contributed by atoms with E-state index in [1.54, 1.807) is 53.4 Å². The van der Waals surface area contributed by atoms with Crippen LogP contribution in [0, 0.1) is 0 Å². The number of aliphatic hydroxyl groups excluding tert-OH is 3. The van der Waals surface area contributed by atoms with Gasteiger partial charge in [0.15, 0.2) is 17.0 Å². The molecule has 0 radical (unpaired) electrons. The zero-order chi connectivity index (χ0) is 39.8. The first-order valence-corrected chi connectivity index (χ1v) is 18.5. The van der Waals surface area contributed by atoms with Crippen LogP contribution in [0.15, 0.2) is 79.4 Å². The molecule has 9 N–H and O–H groups in total. The molecule has 1 aliphatic carbocycles. The first-order valence-electron chi connectivity index (χ1n) is 18.5. The van der Waals surface area contributed by atoms with Gasteiger partial charge in [-0.2, -0.15) is 9.97 Å². The molecule has 5 heterocycles. The Bertz CT molecular complexity index is 2210. The van der Waals surface area contributed by atoms with E-state index >= 15 is 0 Å². The number of imidazole rings is 1. The number of aromatic nitrogens is 5. The third kappa shape index (κ3) is 7.42. The molecule has 3 fully saturated rings. The van der Waals surface area contributed by atoms with Crippen molar-refractivity contribution in [2.24, 2.45) is 0 Å². The molecule has 0 spiro atoms. The molecular weight excluding hydrogens is 738 g/mol. The highest BCUT2D eigenvalue weighted by Gasteiger charge is 2.52. The molecule has 1 saturated carbocycles. The second-order valence-corrected chi connectivity index (χ2v) is 14.3. The summed E-state index contributed by atoms with van der Waals surface area (Å²) in [4.78, 5) is 59.8. The van der Waals surface area contributed by atoms with Crippen LogP contribution in [-0.2, 0) is 4.79 Å². The number of hydrogen-bond acceptors (Lipinski definition) is 14. The fourth-order valence-electron chi connectivity index (χ4n) is 7.81. The summed E-state index contributed by atoms with van der Waals surface area (Å²) in [6, 6.07) is 12.5. The van der Waals surface area contributed by atoms with Crippen molar-refractivity contribution in [3.63, 3.8) is 0 Å². The van der Waals surface area contributed by atoms with E-state index in [-0.39, 0.29) is 42.5 Å². The number of aromatic hydroxyl groups is 2. The van der Waals surface area contributed by atoms with Crippen LogP contribution in [0.2, 0.25) is 0 Å². The predicted molar refractivity (Wildman–Crippen MR) is 205 cm³/mol. The third-order valence-corrected chi connectivity index (χ3v) is 10.7. The average Bonchev–Trinajstić information content (AvgIpc) is 3.98. The van der Waals surface area contributed by atoms with Crippen LogP contribution in [0.1, 0.15) is 35.9 Å². The molecule has 2 unspecified atom stereocenters. The van der Waals surface area contributed by atoms with Crippen molar-refractivity contribution in [3.8, 4) is 11.5 Å². The predicted octanol–water partition coefficient (Wildman–Crippen LogP) is 1.22. The number of amides is 5. The molecular formula is C38H41N11O8. The highest BCUT2D eigenvalue weighted by Crippen LogP contribution is 2.38. The number of nitrogens with one attached hydrogen (secondary N) is 4. The Morgan fingerprint density at radius 2 is 1.65 bits per heavy atom. The molecule has 2 saturated heterocycles. The number of phenolic OH excluding ortho intramolecular Hbond substituents is 2. The van der Waals surface area contributed by atoms with Crippen molar-refractivity contribution in [3.05, 3.63) is 90.5 Å². The van der Waals surface area contributed by atoms with Crippen molar-refractivity contribution in [2.75, 3.05) is 41.8 Å². The van der Waals surface area contributed by atoms with E-state index in [0.717, 1.165) is 16.0 Å². The van der Waals surface area contributed by atoms with Gasteiger partial charge in [-0.3, -0.25) is 14.7 Å². The summed E-state index contributed by atoms with van der Waals surface area (Å²) < 4.78 is 1.60. The van der Waals surface area contributed by atoms with Crippen LogP contribution in [0.4, 0.5) is 27.0 Å². The summed E-state index contributed by atoms with van der Waals surface area (Å²) in [6.45, 7) is 0.539. The molecule has 57 heavy (non-hydrogen) atoms. The topological polar surface area (TPSA) is 263 Å². The Hall–Kier alpha value is -6.57. The van der Waals surface area contributed by atoms with Crippen molar-refractivity contribution in [1.82, 2.24) is 40.0 Å². The number of hydrogen-bond donors (Lipinski definition) is 9. The lowest BCUT2D eigenvalue weighted by molar-refractivity contribution is -0.131. The van der Waals surface area contributed by atoms with E-state index in [4.69, 9.17) is 9.97 Å². The number of pyridine rings is 1. The van der Waals surface area contributed by atoms with E-state index in [9.17, 15) is 39.9 Å². The number of fused-ring (bicyclic) bond motifs is 1. The Balaban J connectivity index is 1.11. The summed E-state index contributed by atoms with van der Waals surface area (Å²) in [6.07, 6.45) is 2.25. The largest absolute Gasteiger partial charge is 0.508 e. The highest BCUT2D eigenvalue weighted by atomic mass is 16.3. The molecule has 296 valence electrons. The van der Waals surface area contributed by atoms with Crippen LogP contribution in [-0.4, -0.2) is 129 Å². The van der Waals surface area contributed by atoms with Crippen molar-refractivity contribution in [2.45, 2.75) is 55.1 Å². The number of phenols is 2. The summed E-state index contributed by atoms with van der Waals surface area (Å²) in [5.74, 6) is -0.0954. The molecule has 3 aliphatic rings. The first kappa shape index (κ1) is 37.4. The Labute approximate surface area is 325 Å². The van der Waals surface area contributed by atoms with Crippen molar-refractivity contribution >= 4 is 46.6 Å². The number of nitrogens with zero attached hydrogens (tertiary/aromatic N) is 7. The number of anilines is 3. The molecule has 19 nitrogen and oxygen atoms in total. The molecule has 8 rings (SSSR count). The van der Waals surface area contributed by atoms with Crippen LogP contribution in [0.5, 0.6) is 11.5 Å². The minimum Gasteiger partial charge on any atom is -0.508 e. The SMILES string of the molecule is O=C(Nc1cccnc1)NC1CCN(c2nc(NCC(c3ccc(O)cc3)c3ccc(O)cc3)c3ncn([C@@H]4C[C@H](N5C(=O)NC(CO)C5=O)[C@@H](O)[C@H]4O)c3n2)C1. The quantitative estimate of drug-likeness (QED) is 0.0855. The lowest BCUT2D eigenvalue weighted by Crippen LogP contribution is -2.47. The van der Waals surface area contributed by atoms with Crippen LogP contribution in [0.25, 0.3) is 11.2 Å². The van der Waals surface area contributed by atoms with Gasteiger partial charge in [0.25, 0.3) is 5.91 Å². The number of rotatable bonds is 11. The molecule has 2 aromatic carbocycles. The maximum atomic E-state index is 13.0. The van der Waals surface area contributed by atoms with E-state index in [0.29, 0.717) is 48.1 Å². The first-order chi connectivity index (χ1) is 27.6. The Morgan fingerprint density at radius 1 is 0.947 bits per heavy atom. The molecule has 0 bridgehead atoms. The van der Waals surface area contributed by atoms with Gasteiger partial charge < -0.3 is 56.3 Å². The number of imide groups is 1. The monoisotopic (exact) mass is 779 g/mol. The maximum absolute atomic E-state index is 13.0. The van der Waals surface area contributed by atoms with Gasteiger partial charge in [-0.15, -0.1) is 0 Å². The Kier molecular flexibility index (Phi) is 10.2. The molecule has 6 atom stereocenters. The van der Waals surface area contributed by atoms with Gasteiger partial charge in [0, 0.05) is 37.8 Å². The van der Waals surface area contributed by atoms with E-state index in [1.807, 2.05) is 29.2 Å². The molecule has 3 aromatic heterocycles. The van der Waals surface area contributed by atoms with Crippen molar-refractivity contribution in [1.29, 1.82) is 0 Å². The lowest BCUT2D eigenvalue weighted by Gasteiger charge is -2.24. The molecule has 19 heteroatoms. The van der Waals surface area contributed by atoms with Gasteiger partial charge in [-0.1, -0.05) is 24.3 Å². The normalized spacial score (nSPS) is 23.4. The van der Waals surface area contributed by atoms with Crippen LogP contribution < -0.4 is 26.2 Å². The van der Waals surface area contributed by atoms with Gasteiger partial charge in [0.1, 0.15) is 29.7 Å². The fraction of sp³-hybridized carbons (Fsp3) is 0.342. The number of aliphatic hydroxyl groups is 3. The van der Waals surface area contributed by atoms with E-state index in [1.165, 1.54) is 6.33 Å². The molecule has 5 amide bonds. The summed E-state index contributed by atoms with van der Waals surface area (Å²) >= 11 is 0. The molecule has 2 aliphatic heterocycles. The summed E-state index contributed by atoms with van der Waals surface area (Å²) in [5, 5.41) is 63.8. The minimum atomic E-state index is -1.50. The highest BCUT2D eigenvalue weighted by molar-refractivity contribution is 6.04. The lowest BCUT2D eigenvalue weighted by atomic mass is 9.91. The number of carbonyl (C=O) groups is 3. The van der Waals surface area contributed by atoms with Gasteiger partial charge >= 0.3 is 12.1 Å². The van der Waals surface area contributed by atoms with Gasteiger partial charge in [0.05, 0.1) is 36.9 Å². The zero-order valence-electron chi connectivity index (χ0n) is 30.4. The Morgan fingerprint density at radius 3 is 2.30 bits per heavy atom. The van der Waals surface area contributed by atoms with Gasteiger partial charge in [0.2, 0.25) is 5.95 Å². The second kappa shape index (κ2) is 15.5. The van der Waals surface area contributed by atoms with Gasteiger partial charge in [-0.05, 0) is 60.4 Å². The van der Waals surface area contributed by atoms with Gasteiger partial charge in [-0.25, -0.2) is 14.6 Å². The van der Waals surface area contributed by atoms with E-state index < -0.39 is 48.9 Å². The van der Waals surface area contributed by atoms with Crippen molar-refractivity contribution < 1.29 is 39.9 Å². The average molecular weight is 780 g/mol. The smallest absolute Gasteiger partial charge is 0.325 e.